The maximum Gasteiger partial charge on any atom is 0.162 e. The molecule has 1 saturated carbocycles. The van der Waals surface area contributed by atoms with Crippen LogP contribution in [0.15, 0.2) is 12.1 Å². The van der Waals surface area contributed by atoms with E-state index in [1.54, 1.807) is 0 Å². The van der Waals surface area contributed by atoms with E-state index in [-0.39, 0.29) is 0 Å². The second-order valence-electron chi connectivity index (χ2n) is 4.41. The zero-order valence-electron chi connectivity index (χ0n) is 11.0. The van der Waals surface area contributed by atoms with Gasteiger partial charge in [0.2, 0.25) is 0 Å². The molecule has 0 atom stereocenters. The number of benzene rings is 1. The third-order valence-electron chi connectivity index (χ3n) is 2.87. The van der Waals surface area contributed by atoms with E-state index in [4.69, 9.17) is 21.1 Å². The fraction of sp³-hybridized carbons (Fsp3) is 0.571. The van der Waals surface area contributed by atoms with Crippen molar-refractivity contribution in [1.29, 1.82) is 0 Å². The molecule has 18 heavy (non-hydrogen) atoms. The Balaban J connectivity index is 2.14. The normalized spacial score (nSPS) is 14.6. The zero-order chi connectivity index (χ0) is 13.0. The van der Waals surface area contributed by atoms with E-state index in [1.165, 1.54) is 12.8 Å². The van der Waals surface area contributed by atoms with Crippen molar-refractivity contribution in [3.05, 3.63) is 22.7 Å². The number of rotatable bonds is 7. The third kappa shape index (κ3) is 3.53. The van der Waals surface area contributed by atoms with Crippen molar-refractivity contribution in [1.82, 2.24) is 5.32 Å². The van der Waals surface area contributed by atoms with E-state index in [0.717, 1.165) is 28.6 Å². The highest BCUT2D eigenvalue weighted by Gasteiger charge is 2.21. The lowest BCUT2D eigenvalue weighted by molar-refractivity contribution is 0.287. The topological polar surface area (TPSA) is 30.5 Å². The lowest BCUT2D eigenvalue weighted by atomic mass is 10.2. The molecule has 0 saturated heterocycles. The van der Waals surface area contributed by atoms with Crippen LogP contribution in [0.25, 0.3) is 0 Å². The molecule has 4 heteroatoms. The second-order valence-corrected chi connectivity index (χ2v) is 4.82. The Morgan fingerprint density at radius 2 is 1.78 bits per heavy atom. The minimum absolute atomic E-state index is 0.607. The summed E-state index contributed by atoms with van der Waals surface area (Å²) in [5.41, 5.74) is 1.07. The minimum atomic E-state index is 0.607. The third-order valence-corrected chi connectivity index (χ3v) is 3.22. The predicted molar refractivity (Wildman–Crippen MR) is 73.7 cm³/mol. The number of hydrogen-bond acceptors (Lipinski definition) is 3. The molecule has 1 fully saturated rings. The van der Waals surface area contributed by atoms with E-state index in [2.05, 4.69) is 5.32 Å². The summed E-state index contributed by atoms with van der Waals surface area (Å²) < 4.78 is 11.1. The average molecular weight is 270 g/mol. The summed E-state index contributed by atoms with van der Waals surface area (Å²) >= 11 is 6.27. The predicted octanol–water partition coefficient (Wildman–Crippen LogP) is 3.39. The van der Waals surface area contributed by atoms with Crippen molar-refractivity contribution in [2.24, 2.45) is 0 Å². The van der Waals surface area contributed by atoms with E-state index in [9.17, 15) is 0 Å². The number of hydrogen-bond donors (Lipinski definition) is 1. The van der Waals surface area contributed by atoms with Crippen molar-refractivity contribution in [2.75, 3.05) is 13.2 Å². The van der Waals surface area contributed by atoms with Gasteiger partial charge in [0.15, 0.2) is 11.5 Å². The summed E-state index contributed by atoms with van der Waals surface area (Å²) in [5, 5.41) is 4.19. The molecular formula is C14H20ClNO2. The fourth-order valence-corrected chi connectivity index (χ4v) is 2.01. The van der Waals surface area contributed by atoms with Gasteiger partial charge in [-0.25, -0.2) is 0 Å². The highest BCUT2D eigenvalue weighted by molar-refractivity contribution is 6.31. The Bertz CT molecular complexity index is 405. The van der Waals surface area contributed by atoms with E-state index < -0.39 is 0 Å². The first-order chi connectivity index (χ1) is 8.74. The Labute approximate surface area is 113 Å². The van der Waals surface area contributed by atoms with Gasteiger partial charge in [-0.1, -0.05) is 11.6 Å². The van der Waals surface area contributed by atoms with Crippen LogP contribution in [-0.4, -0.2) is 19.3 Å². The smallest absolute Gasteiger partial charge is 0.162 e. The summed E-state index contributed by atoms with van der Waals surface area (Å²) in [6.45, 7) is 5.93. The van der Waals surface area contributed by atoms with Crippen LogP contribution in [0, 0.1) is 0 Å². The van der Waals surface area contributed by atoms with Crippen LogP contribution in [0.2, 0.25) is 5.02 Å². The molecule has 1 N–H and O–H groups in total. The van der Waals surface area contributed by atoms with Gasteiger partial charge in [-0.2, -0.15) is 0 Å². The van der Waals surface area contributed by atoms with Gasteiger partial charge >= 0.3 is 0 Å². The lowest BCUT2D eigenvalue weighted by Gasteiger charge is -2.14. The summed E-state index contributed by atoms with van der Waals surface area (Å²) in [6, 6.07) is 4.50. The first kappa shape index (κ1) is 13.5. The van der Waals surface area contributed by atoms with Gasteiger partial charge in [0.25, 0.3) is 0 Å². The fourth-order valence-electron chi connectivity index (χ4n) is 1.79. The maximum atomic E-state index is 6.27. The van der Waals surface area contributed by atoms with Crippen LogP contribution >= 0.6 is 11.6 Å². The number of ether oxygens (including phenoxy) is 2. The highest BCUT2D eigenvalue weighted by atomic mass is 35.5. The highest BCUT2D eigenvalue weighted by Crippen LogP contribution is 2.34. The minimum Gasteiger partial charge on any atom is -0.490 e. The molecule has 1 aromatic carbocycles. The van der Waals surface area contributed by atoms with Crippen LogP contribution < -0.4 is 14.8 Å². The van der Waals surface area contributed by atoms with Crippen LogP contribution in [0.4, 0.5) is 0 Å². The molecule has 0 spiro atoms. The molecular weight excluding hydrogens is 250 g/mol. The maximum absolute atomic E-state index is 6.27. The van der Waals surface area contributed by atoms with Crippen LogP contribution in [0.3, 0.4) is 0 Å². The summed E-state index contributed by atoms with van der Waals surface area (Å²) in [6.07, 6.45) is 2.54. The molecule has 0 heterocycles. The SMILES string of the molecule is CCOc1cc(Cl)c(CNC2CC2)cc1OCC. The first-order valence-electron chi connectivity index (χ1n) is 6.56. The van der Waals surface area contributed by atoms with Gasteiger partial charge < -0.3 is 14.8 Å². The number of nitrogens with one attached hydrogen (secondary N) is 1. The van der Waals surface area contributed by atoms with Gasteiger partial charge in [-0.15, -0.1) is 0 Å². The quantitative estimate of drug-likeness (QED) is 0.823. The average Bonchev–Trinajstić information content (AvgIpc) is 3.15. The molecule has 1 aliphatic rings. The summed E-state index contributed by atoms with van der Waals surface area (Å²) in [7, 11) is 0. The van der Waals surface area contributed by atoms with Gasteiger partial charge in [-0.3, -0.25) is 0 Å². The lowest BCUT2D eigenvalue weighted by Crippen LogP contribution is -2.15. The molecule has 3 nitrogen and oxygen atoms in total. The molecule has 0 unspecified atom stereocenters. The molecule has 2 rings (SSSR count). The van der Waals surface area contributed by atoms with Gasteiger partial charge in [0.05, 0.1) is 13.2 Å². The standard InChI is InChI=1S/C14H20ClNO2/c1-3-17-13-7-10(9-16-11-5-6-11)12(15)8-14(13)18-4-2/h7-8,11,16H,3-6,9H2,1-2H3. The molecule has 1 aliphatic carbocycles. The zero-order valence-corrected chi connectivity index (χ0v) is 11.7. The Morgan fingerprint density at radius 3 is 2.33 bits per heavy atom. The second kappa shape index (κ2) is 6.30. The summed E-state index contributed by atoms with van der Waals surface area (Å²) in [4.78, 5) is 0. The molecule has 100 valence electrons. The van der Waals surface area contributed by atoms with E-state index >= 15 is 0 Å². The molecule has 0 bridgehead atoms. The van der Waals surface area contributed by atoms with Crippen LogP contribution in [0.5, 0.6) is 11.5 Å². The van der Waals surface area contributed by atoms with Crippen LogP contribution in [0.1, 0.15) is 32.3 Å². The molecule has 0 radical (unpaired) electrons. The van der Waals surface area contributed by atoms with Crippen LogP contribution in [-0.2, 0) is 6.54 Å². The molecule has 0 amide bonds. The monoisotopic (exact) mass is 269 g/mol. The Kier molecular flexibility index (Phi) is 4.72. The van der Waals surface area contributed by atoms with E-state index in [0.29, 0.717) is 19.3 Å². The Morgan fingerprint density at radius 1 is 1.17 bits per heavy atom. The van der Waals surface area contributed by atoms with Crippen molar-refractivity contribution in [3.63, 3.8) is 0 Å². The van der Waals surface area contributed by atoms with E-state index in [1.807, 2.05) is 26.0 Å². The van der Waals surface area contributed by atoms with Gasteiger partial charge in [0.1, 0.15) is 0 Å². The molecule has 0 aromatic heterocycles. The largest absolute Gasteiger partial charge is 0.490 e. The summed E-state index contributed by atoms with van der Waals surface area (Å²) in [5.74, 6) is 1.50. The van der Waals surface area contributed by atoms with Gasteiger partial charge in [-0.05, 0) is 38.3 Å². The van der Waals surface area contributed by atoms with Gasteiger partial charge in [0, 0.05) is 23.7 Å². The molecule has 0 aliphatic heterocycles. The van der Waals surface area contributed by atoms with Crippen molar-refractivity contribution < 1.29 is 9.47 Å². The van der Waals surface area contributed by atoms with Crippen molar-refractivity contribution in [2.45, 2.75) is 39.3 Å². The van der Waals surface area contributed by atoms with Crippen molar-refractivity contribution >= 4 is 11.6 Å². The van der Waals surface area contributed by atoms with Crippen molar-refractivity contribution in [3.8, 4) is 11.5 Å². The number of halogens is 1. The molecule has 1 aromatic rings. The first-order valence-corrected chi connectivity index (χ1v) is 6.93. The Hall–Kier alpha value is -0.930.